The number of hydrogen-bond acceptors (Lipinski definition) is 7. The van der Waals surface area contributed by atoms with Gasteiger partial charge in [-0.05, 0) is 53.9 Å². The van der Waals surface area contributed by atoms with Gasteiger partial charge in [-0.25, -0.2) is 23.8 Å². The molecule has 2 aromatic heterocycles. The van der Waals surface area contributed by atoms with Crippen LogP contribution in [0.2, 0.25) is 0 Å². The predicted molar refractivity (Wildman–Crippen MR) is 161 cm³/mol. The van der Waals surface area contributed by atoms with Crippen LogP contribution in [0.5, 0.6) is 0 Å². The number of nitrogens with zero attached hydrogens (tertiary/aromatic N) is 7. The third kappa shape index (κ3) is 6.41. The Bertz CT molecular complexity index is 1750. The number of nitrogens with one attached hydrogen (secondary N) is 1. The van der Waals surface area contributed by atoms with E-state index in [-0.39, 0.29) is 45.6 Å². The number of amides is 3. The molecular weight excluding hydrogens is 600 g/mol. The summed E-state index contributed by atoms with van der Waals surface area (Å²) in [4.78, 5) is 41.0. The largest absolute Gasteiger partial charge is 0.417 e. The molecule has 4 aromatic rings. The molecular formula is C29H26F4N8O2S. The van der Waals surface area contributed by atoms with Crippen molar-refractivity contribution in [3.05, 3.63) is 78.0 Å². The number of amidine groups is 1. The summed E-state index contributed by atoms with van der Waals surface area (Å²) < 4.78 is 54.7. The van der Waals surface area contributed by atoms with Gasteiger partial charge in [-0.15, -0.1) is 5.10 Å². The zero-order chi connectivity index (χ0) is 31.8. The van der Waals surface area contributed by atoms with Crippen molar-refractivity contribution in [3.8, 4) is 17.2 Å². The van der Waals surface area contributed by atoms with Gasteiger partial charge in [0.25, 0.3) is 0 Å². The third-order valence-electron chi connectivity index (χ3n) is 6.63. The summed E-state index contributed by atoms with van der Waals surface area (Å²) in [5.41, 5.74) is 1.59. The number of rotatable bonds is 6. The summed E-state index contributed by atoms with van der Waals surface area (Å²) in [6, 6.07) is 10.8. The molecule has 10 nitrogen and oxygen atoms in total. The number of thioether (sulfide) groups is 1. The molecule has 1 aliphatic rings. The highest BCUT2D eigenvalue weighted by Crippen LogP contribution is 2.36. The van der Waals surface area contributed by atoms with Gasteiger partial charge in [0.2, 0.25) is 5.91 Å². The van der Waals surface area contributed by atoms with Crippen LogP contribution in [-0.2, 0) is 11.0 Å². The highest BCUT2D eigenvalue weighted by atomic mass is 32.2. The minimum absolute atomic E-state index is 0.0844. The number of anilines is 3. The Morgan fingerprint density at radius 1 is 1.09 bits per heavy atom. The zero-order valence-corrected chi connectivity index (χ0v) is 24.7. The molecule has 5 rings (SSSR count). The molecule has 0 aliphatic carbocycles. The summed E-state index contributed by atoms with van der Waals surface area (Å²) in [7, 11) is 3.77. The lowest BCUT2D eigenvalue weighted by atomic mass is 9.99. The van der Waals surface area contributed by atoms with Gasteiger partial charge < -0.3 is 10.2 Å². The van der Waals surface area contributed by atoms with Crippen molar-refractivity contribution in [3.63, 3.8) is 0 Å². The summed E-state index contributed by atoms with van der Waals surface area (Å²) in [6.45, 7) is 4.01. The van der Waals surface area contributed by atoms with Crippen molar-refractivity contribution in [1.82, 2.24) is 19.7 Å². The Labute approximate surface area is 253 Å². The molecule has 228 valence electrons. The molecule has 0 atom stereocenters. The maximum absolute atomic E-state index is 15.0. The molecule has 15 heteroatoms. The first-order valence-corrected chi connectivity index (χ1v) is 14.2. The SMILES string of the molecule is CC(C)c1ccc(N(C)C)cc1N1C(=O)CSC1=NC(=O)Nc1ccc(-c2ncn(-c3ccc(C(F)(F)F)cn3)n2)cc1F. The van der Waals surface area contributed by atoms with Crippen LogP contribution in [0.1, 0.15) is 30.9 Å². The Kier molecular flexibility index (Phi) is 8.41. The van der Waals surface area contributed by atoms with Gasteiger partial charge in [0.15, 0.2) is 16.8 Å². The van der Waals surface area contributed by atoms with Gasteiger partial charge in [-0.1, -0.05) is 31.7 Å². The number of pyridine rings is 1. The van der Waals surface area contributed by atoms with Crippen LogP contribution in [0.25, 0.3) is 17.2 Å². The number of aliphatic imine (C=N–C) groups is 1. The van der Waals surface area contributed by atoms with Crippen molar-refractivity contribution in [1.29, 1.82) is 0 Å². The first-order valence-electron chi connectivity index (χ1n) is 13.2. The number of halogens is 4. The molecule has 44 heavy (non-hydrogen) atoms. The second-order valence-electron chi connectivity index (χ2n) is 10.2. The second-order valence-corrected chi connectivity index (χ2v) is 11.2. The lowest BCUT2D eigenvalue weighted by molar-refractivity contribution is -0.137. The smallest absolute Gasteiger partial charge is 0.378 e. The summed E-state index contributed by atoms with van der Waals surface area (Å²) >= 11 is 1.11. The Balaban J connectivity index is 1.34. The molecule has 3 heterocycles. The van der Waals surface area contributed by atoms with Gasteiger partial charge >= 0.3 is 12.2 Å². The van der Waals surface area contributed by atoms with Crippen LogP contribution in [0.3, 0.4) is 0 Å². The molecule has 0 saturated carbocycles. The van der Waals surface area contributed by atoms with Gasteiger partial charge in [0.1, 0.15) is 12.1 Å². The van der Waals surface area contributed by atoms with Gasteiger partial charge in [-0.2, -0.15) is 18.2 Å². The number of urea groups is 1. The summed E-state index contributed by atoms with van der Waals surface area (Å²) in [5, 5.41) is 6.75. The highest BCUT2D eigenvalue weighted by Gasteiger charge is 2.33. The van der Waals surface area contributed by atoms with E-state index in [0.717, 1.165) is 45.9 Å². The maximum Gasteiger partial charge on any atom is 0.417 e. The van der Waals surface area contributed by atoms with Crippen LogP contribution in [0, 0.1) is 5.82 Å². The molecule has 2 aromatic carbocycles. The summed E-state index contributed by atoms with van der Waals surface area (Å²) in [5.74, 6) is -0.663. The second kappa shape index (κ2) is 12.1. The Morgan fingerprint density at radius 3 is 2.50 bits per heavy atom. The van der Waals surface area contributed by atoms with Crippen molar-refractivity contribution < 1.29 is 27.2 Å². The molecule has 0 unspecified atom stereocenters. The topological polar surface area (TPSA) is 109 Å². The first kappa shape index (κ1) is 30.7. The minimum Gasteiger partial charge on any atom is -0.378 e. The fourth-order valence-corrected chi connectivity index (χ4v) is 5.21. The van der Waals surface area contributed by atoms with E-state index < -0.39 is 23.6 Å². The number of benzene rings is 2. The van der Waals surface area contributed by atoms with Crippen molar-refractivity contribution in [2.75, 3.05) is 35.0 Å². The average molecular weight is 627 g/mol. The predicted octanol–water partition coefficient (Wildman–Crippen LogP) is 6.34. The van der Waals surface area contributed by atoms with Crippen molar-refractivity contribution in [2.45, 2.75) is 25.9 Å². The fraction of sp³-hybridized carbons (Fsp3) is 0.241. The quantitative estimate of drug-likeness (QED) is 0.249. The Hall–Kier alpha value is -4.79. The van der Waals surface area contributed by atoms with Crippen molar-refractivity contribution >= 4 is 45.9 Å². The highest BCUT2D eigenvalue weighted by molar-refractivity contribution is 8.15. The molecule has 1 N–H and O–H groups in total. The van der Waals surface area contributed by atoms with E-state index in [1.54, 1.807) is 0 Å². The van der Waals surface area contributed by atoms with Crippen LogP contribution in [0.15, 0.2) is 66.0 Å². The van der Waals surface area contributed by atoms with E-state index in [1.165, 1.54) is 23.4 Å². The first-order chi connectivity index (χ1) is 20.8. The Morgan fingerprint density at radius 2 is 1.86 bits per heavy atom. The number of hydrogen-bond donors (Lipinski definition) is 1. The van der Waals surface area contributed by atoms with Gasteiger partial charge in [0.05, 0.1) is 22.7 Å². The number of aromatic nitrogens is 4. The van der Waals surface area contributed by atoms with Crippen molar-refractivity contribution in [2.24, 2.45) is 4.99 Å². The third-order valence-corrected chi connectivity index (χ3v) is 7.55. The molecule has 3 amide bonds. The van der Waals surface area contributed by atoms with E-state index >= 15 is 4.39 Å². The van der Waals surface area contributed by atoms with Crippen LogP contribution in [-0.4, -0.2) is 56.7 Å². The molecule has 1 fully saturated rings. The van der Waals surface area contributed by atoms with Crippen LogP contribution >= 0.6 is 11.8 Å². The van der Waals surface area contributed by atoms with E-state index in [4.69, 9.17) is 0 Å². The maximum atomic E-state index is 15.0. The monoisotopic (exact) mass is 626 g/mol. The normalized spacial score (nSPS) is 14.5. The fourth-order valence-electron chi connectivity index (χ4n) is 4.35. The average Bonchev–Trinajstić information content (AvgIpc) is 3.60. The van der Waals surface area contributed by atoms with E-state index in [0.29, 0.717) is 11.9 Å². The summed E-state index contributed by atoms with van der Waals surface area (Å²) in [6.07, 6.45) is -2.61. The van der Waals surface area contributed by atoms with E-state index in [9.17, 15) is 22.8 Å². The molecule has 0 spiro atoms. The number of carbonyl (C=O) groups excluding carboxylic acids is 2. The molecule has 0 radical (unpaired) electrons. The van der Waals surface area contributed by atoms with Gasteiger partial charge in [-0.3, -0.25) is 9.69 Å². The number of alkyl halides is 3. The lowest BCUT2D eigenvalue weighted by Crippen LogP contribution is -2.31. The van der Waals surface area contributed by atoms with E-state index in [2.05, 4.69) is 25.4 Å². The van der Waals surface area contributed by atoms with Crippen LogP contribution in [0.4, 0.5) is 39.4 Å². The zero-order valence-electron chi connectivity index (χ0n) is 23.9. The number of carbonyl (C=O) groups is 2. The molecule has 1 aliphatic heterocycles. The molecule has 1 saturated heterocycles. The van der Waals surface area contributed by atoms with Crippen LogP contribution < -0.4 is 15.1 Å². The lowest BCUT2D eigenvalue weighted by Gasteiger charge is -2.24. The van der Waals surface area contributed by atoms with Gasteiger partial charge in [0, 0.05) is 31.5 Å². The minimum atomic E-state index is -4.53. The molecule has 0 bridgehead atoms. The standard InChI is InChI=1S/C29H26F4N8O2S/c1-16(2)20-8-7-19(39(3)4)12-23(20)41-25(42)14-44-28(41)37-27(43)36-22-9-5-17(11-21(22)30)26-35-15-40(38-26)24-10-6-18(13-34-24)29(31,32)33/h5-13,15-16H,14H2,1-4H3,(H,36,43). The van der Waals surface area contributed by atoms with E-state index in [1.807, 2.05) is 51.0 Å².